The number of hydrogen-bond donors (Lipinski definition) is 0. The zero-order chi connectivity index (χ0) is 24.7. The molecule has 0 aliphatic carbocycles. The summed E-state index contributed by atoms with van der Waals surface area (Å²) in [6.45, 7) is 6.37. The molecule has 1 heterocycles. The van der Waals surface area contributed by atoms with Crippen molar-refractivity contribution >= 4 is 29.9 Å². The van der Waals surface area contributed by atoms with Crippen LogP contribution in [0.1, 0.15) is 26.7 Å². The van der Waals surface area contributed by atoms with Gasteiger partial charge in [-0.3, -0.25) is 0 Å². The highest BCUT2D eigenvalue weighted by Gasteiger charge is 2.46. The zero-order valence-electron chi connectivity index (χ0n) is 16.4. The fourth-order valence-corrected chi connectivity index (χ4v) is 4.29. The predicted octanol–water partition coefficient (Wildman–Crippen LogP) is 2.33. The number of unbranched alkanes of at least 4 members (excludes halogenated alkanes) is 1. The van der Waals surface area contributed by atoms with Crippen molar-refractivity contribution in [3.8, 4) is 0 Å². The minimum absolute atomic E-state index is 0.240. The summed E-state index contributed by atoms with van der Waals surface area (Å²) in [4.78, 5) is 4.28. The van der Waals surface area contributed by atoms with Crippen LogP contribution in [-0.4, -0.2) is 77.3 Å². The van der Waals surface area contributed by atoms with Gasteiger partial charge in [0.15, 0.2) is 29.9 Å². The molecular weight excluding hydrogens is 504 g/mol. The van der Waals surface area contributed by atoms with Gasteiger partial charge in [-0.1, -0.05) is 20.3 Å². The first-order valence-corrected chi connectivity index (χ1v) is 13.2. The summed E-state index contributed by atoms with van der Waals surface area (Å²) in [6, 6.07) is 0. The van der Waals surface area contributed by atoms with Crippen molar-refractivity contribution in [1.29, 1.82) is 0 Å². The summed E-state index contributed by atoms with van der Waals surface area (Å²) in [5, 5.41) is 0. The van der Waals surface area contributed by atoms with Crippen molar-refractivity contribution in [2.75, 3.05) is 31.3 Å². The van der Waals surface area contributed by atoms with Gasteiger partial charge in [0, 0.05) is 31.2 Å². The molecule has 0 atom stereocenters. The topological polar surface area (TPSA) is 123 Å². The number of alkyl halides is 6. The molecule has 0 saturated heterocycles. The van der Waals surface area contributed by atoms with Gasteiger partial charge in [-0.2, -0.15) is 26.3 Å². The van der Waals surface area contributed by atoms with Gasteiger partial charge in [-0.05, 0) is 6.42 Å². The fourth-order valence-electron chi connectivity index (χ4n) is 1.78. The quantitative estimate of drug-likeness (QED) is 0.420. The lowest BCUT2D eigenvalue weighted by Crippen LogP contribution is -2.30. The van der Waals surface area contributed by atoms with Crippen molar-refractivity contribution in [3.05, 3.63) is 16.5 Å². The van der Waals surface area contributed by atoms with E-state index < -0.39 is 40.9 Å². The monoisotopic (exact) mass is 526 g/mol. The van der Waals surface area contributed by atoms with E-state index in [1.807, 2.05) is 12.4 Å². The Morgan fingerprint density at radius 3 is 1.58 bits per heavy atom. The largest absolute Gasteiger partial charge is 0.480 e. The van der Waals surface area contributed by atoms with Gasteiger partial charge in [-0.25, -0.2) is 25.3 Å². The Bertz CT molecular complexity index is 872. The minimum Gasteiger partial charge on any atom is -0.421 e. The zero-order valence-corrected chi connectivity index (χ0v) is 18.8. The first-order chi connectivity index (χ1) is 13.8. The second kappa shape index (κ2) is 11.0. The minimum atomic E-state index is -6.72. The summed E-state index contributed by atoms with van der Waals surface area (Å²) in [7, 11) is -16.3. The smallest absolute Gasteiger partial charge is 0.421 e. The van der Waals surface area contributed by atoms with Crippen LogP contribution in [-0.2, 0) is 29.9 Å². The number of sulfonamides is 2. The van der Waals surface area contributed by atoms with Crippen molar-refractivity contribution in [2.45, 2.75) is 37.7 Å². The third-order valence-corrected chi connectivity index (χ3v) is 7.99. The maximum Gasteiger partial charge on any atom is 0.480 e. The van der Waals surface area contributed by atoms with E-state index in [1.165, 1.54) is 12.8 Å². The summed E-state index contributed by atoms with van der Waals surface area (Å²) in [5.41, 5.74) is -12.4. The van der Waals surface area contributed by atoms with E-state index in [1.54, 1.807) is 6.92 Å². The van der Waals surface area contributed by atoms with E-state index in [0.717, 1.165) is 17.3 Å². The lowest BCUT2D eigenvalue weighted by Gasteiger charge is -2.22. The van der Waals surface area contributed by atoms with Crippen LogP contribution in [0.15, 0.2) is 12.4 Å². The third kappa shape index (κ3) is 10.3. The Balaban J connectivity index is 0.000000582. The molecule has 0 unspecified atom stereocenters. The maximum absolute atomic E-state index is 11.4. The first kappa shape index (κ1) is 29.7. The molecular formula is C13H22F6N3O6S3-. The van der Waals surface area contributed by atoms with Crippen molar-refractivity contribution in [1.82, 2.24) is 9.80 Å². The standard InChI is InChI=1S/C11H22N2O2S.C2F6NO4S2/c1-3-5-6-12-7-8-13(11-12)9-10-16(14,15)4-2;3-1(4,5)14(10,11)9-15(12,13)2(6,7)8/h7-8H,3-6,9-11H2,1-2H3;/q;-1. The number of nitrogens with zero attached hydrogens (tertiary/aromatic N) is 3. The average Bonchev–Trinajstić information content (AvgIpc) is 3.04. The molecule has 0 aromatic carbocycles. The second-order valence-corrected chi connectivity index (χ2v) is 12.0. The molecule has 0 aromatic heterocycles. The van der Waals surface area contributed by atoms with E-state index in [4.69, 9.17) is 0 Å². The summed E-state index contributed by atoms with van der Waals surface area (Å²) in [6.07, 6.45) is 6.41. The summed E-state index contributed by atoms with van der Waals surface area (Å²) in [5.74, 6) is 0.500. The van der Waals surface area contributed by atoms with Crippen molar-refractivity contribution < 1.29 is 51.6 Å². The number of rotatable bonds is 9. The fraction of sp³-hybridized carbons (Fsp3) is 0.846. The Hall–Kier alpha value is -1.27. The van der Waals surface area contributed by atoms with E-state index >= 15 is 0 Å². The molecule has 0 amide bonds. The van der Waals surface area contributed by atoms with E-state index in [2.05, 4.69) is 16.7 Å². The number of halogens is 6. The highest BCUT2D eigenvalue weighted by molar-refractivity contribution is 8.13. The summed E-state index contributed by atoms with van der Waals surface area (Å²) >= 11 is 0. The molecule has 18 heteroatoms. The molecule has 0 bridgehead atoms. The normalized spacial score (nSPS) is 15.7. The average molecular weight is 527 g/mol. The molecule has 9 nitrogen and oxygen atoms in total. The Morgan fingerprint density at radius 2 is 1.23 bits per heavy atom. The molecule has 0 aromatic rings. The number of sulfone groups is 1. The Kier molecular flexibility index (Phi) is 10.6. The third-order valence-electron chi connectivity index (χ3n) is 3.56. The van der Waals surface area contributed by atoms with E-state index in [9.17, 15) is 51.6 Å². The van der Waals surface area contributed by atoms with Gasteiger partial charge in [-0.15, -0.1) is 0 Å². The van der Waals surface area contributed by atoms with Crippen LogP contribution < -0.4 is 0 Å². The first-order valence-electron chi connectivity index (χ1n) is 8.51. The molecule has 31 heavy (non-hydrogen) atoms. The molecule has 1 aliphatic heterocycles. The van der Waals surface area contributed by atoms with Gasteiger partial charge in [0.25, 0.3) is 0 Å². The highest BCUT2D eigenvalue weighted by Crippen LogP contribution is 2.36. The molecule has 186 valence electrons. The van der Waals surface area contributed by atoms with E-state index in [0.29, 0.717) is 6.54 Å². The molecule has 0 fully saturated rings. The van der Waals surface area contributed by atoms with Crippen LogP contribution >= 0.6 is 0 Å². The molecule has 0 spiro atoms. The highest BCUT2D eigenvalue weighted by atomic mass is 32.3. The summed E-state index contributed by atoms with van der Waals surface area (Å²) < 4.78 is 132. The lowest BCUT2D eigenvalue weighted by molar-refractivity contribution is -0.0444. The molecule has 0 radical (unpaired) electrons. The van der Waals surface area contributed by atoms with Crippen LogP contribution in [0, 0.1) is 0 Å². The van der Waals surface area contributed by atoms with Crippen LogP contribution in [0.3, 0.4) is 0 Å². The van der Waals surface area contributed by atoms with Crippen LogP contribution in [0.5, 0.6) is 0 Å². The van der Waals surface area contributed by atoms with Crippen molar-refractivity contribution in [3.63, 3.8) is 0 Å². The number of hydrogen-bond acceptors (Lipinski definition) is 8. The van der Waals surface area contributed by atoms with Gasteiger partial charge < -0.3 is 13.9 Å². The molecule has 0 N–H and O–H groups in total. The Labute approximate surface area is 177 Å². The van der Waals surface area contributed by atoms with Gasteiger partial charge in [0.05, 0.1) is 12.4 Å². The predicted molar refractivity (Wildman–Crippen MR) is 100.0 cm³/mol. The van der Waals surface area contributed by atoms with Crippen LogP contribution in [0.2, 0.25) is 0 Å². The molecule has 0 saturated carbocycles. The SMILES string of the molecule is CCCCN1C=CN(CCS(=O)(=O)CC)C1.O=S(=O)([N-]S(=O)(=O)C(F)(F)F)C(F)(F)F. The Morgan fingerprint density at radius 1 is 0.806 bits per heavy atom. The lowest BCUT2D eigenvalue weighted by atomic mass is 10.3. The second-order valence-electron chi connectivity index (χ2n) is 6.07. The van der Waals surface area contributed by atoms with Gasteiger partial charge in [0.1, 0.15) is 0 Å². The van der Waals surface area contributed by atoms with E-state index in [-0.39, 0.29) is 11.5 Å². The van der Waals surface area contributed by atoms with Gasteiger partial charge >= 0.3 is 11.0 Å². The maximum atomic E-state index is 11.4. The molecule has 1 aliphatic rings. The van der Waals surface area contributed by atoms with Crippen LogP contribution in [0.4, 0.5) is 26.3 Å². The van der Waals surface area contributed by atoms with Gasteiger partial charge in [0.2, 0.25) is 0 Å². The van der Waals surface area contributed by atoms with Crippen LogP contribution in [0.25, 0.3) is 4.13 Å². The van der Waals surface area contributed by atoms with Crippen molar-refractivity contribution in [2.24, 2.45) is 0 Å². The molecule has 1 rings (SSSR count).